The van der Waals surface area contributed by atoms with Crippen molar-refractivity contribution in [3.8, 4) is 11.6 Å². The molecule has 0 atom stereocenters. The lowest BCUT2D eigenvalue weighted by atomic mass is 10.2. The van der Waals surface area contributed by atoms with E-state index in [0.29, 0.717) is 16.9 Å². The molecule has 0 saturated heterocycles. The molecule has 0 aliphatic heterocycles. The van der Waals surface area contributed by atoms with Gasteiger partial charge in [-0.2, -0.15) is 4.98 Å². The Balaban J connectivity index is 1.83. The number of hydrogen-bond acceptors (Lipinski definition) is 6. The molecular formula is C19H14FN3O5. The molecule has 9 heteroatoms. The molecule has 0 unspecified atom stereocenters. The zero-order valence-corrected chi connectivity index (χ0v) is 14.3. The number of nitrogens with zero attached hydrogens (tertiary/aromatic N) is 2. The summed E-state index contributed by atoms with van der Waals surface area (Å²) in [6, 6.07) is 13.1. The van der Waals surface area contributed by atoms with Crippen molar-refractivity contribution >= 4 is 17.8 Å². The Kier molecular flexibility index (Phi) is 5.45. The number of nitrogens with one attached hydrogen (secondary N) is 1. The lowest BCUT2D eigenvalue weighted by molar-refractivity contribution is -0.387. The minimum Gasteiger partial charge on any atom is -0.488 e. The Morgan fingerprint density at radius 3 is 2.61 bits per heavy atom. The van der Waals surface area contributed by atoms with E-state index in [1.807, 2.05) is 0 Å². The van der Waals surface area contributed by atoms with E-state index in [1.54, 1.807) is 48.5 Å². The van der Waals surface area contributed by atoms with Crippen LogP contribution in [0, 0.1) is 15.9 Å². The highest BCUT2D eigenvalue weighted by Crippen LogP contribution is 2.23. The zero-order valence-electron chi connectivity index (χ0n) is 14.3. The first-order valence-electron chi connectivity index (χ1n) is 8.06. The molecule has 0 aliphatic carbocycles. The Morgan fingerprint density at radius 1 is 1.18 bits per heavy atom. The topological polar surface area (TPSA) is 118 Å². The Morgan fingerprint density at radius 2 is 1.89 bits per heavy atom. The fourth-order valence-electron chi connectivity index (χ4n) is 2.40. The van der Waals surface area contributed by atoms with E-state index < -0.39 is 22.0 Å². The van der Waals surface area contributed by atoms with Crippen LogP contribution in [0.4, 0.5) is 10.1 Å². The van der Waals surface area contributed by atoms with Gasteiger partial charge in [0.15, 0.2) is 0 Å². The normalized spacial score (nSPS) is 10.9. The maximum atomic E-state index is 13.7. The third-order valence-corrected chi connectivity index (χ3v) is 3.76. The highest BCUT2D eigenvalue weighted by molar-refractivity contribution is 5.70. The summed E-state index contributed by atoms with van der Waals surface area (Å²) in [7, 11) is 0. The predicted octanol–water partition coefficient (Wildman–Crippen LogP) is 3.27. The number of aromatic hydroxyl groups is 1. The molecule has 28 heavy (non-hydrogen) atoms. The fraction of sp³-hybridized carbons (Fsp3) is 0.0526. The van der Waals surface area contributed by atoms with E-state index in [2.05, 4.69) is 9.97 Å². The molecule has 0 aliphatic rings. The Bertz CT molecular complexity index is 1110. The number of aromatic nitrogens is 2. The molecule has 0 bridgehead atoms. The van der Waals surface area contributed by atoms with Gasteiger partial charge in [-0.3, -0.25) is 14.9 Å². The Hall–Kier alpha value is -4.01. The monoisotopic (exact) mass is 383 g/mol. The third kappa shape index (κ3) is 4.21. The zero-order chi connectivity index (χ0) is 20.1. The number of rotatable bonds is 6. The predicted molar refractivity (Wildman–Crippen MR) is 99.3 cm³/mol. The molecule has 0 amide bonds. The quantitative estimate of drug-likeness (QED) is 0.498. The van der Waals surface area contributed by atoms with Crippen molar-refractivity contribution in [1.29, 1.82) is 0 Å². The molecule has 2 aromatic carbocycles. The van der Waals surface area contributed by atoms with Crippen molar-refractivity contribution in [3.05, 3.63) is 91.8 Å². The summed E-state index contributed by atoms with van der Waals surface area (Å²) in [5.41, 5.74) is -1.10. The van der Waals surface area contributed by atoms with E-state index in [9.17, 15) is 24.4 Å². The fourth-order valence-corrected chi connectivity index (χ4v) is 2.40. The van der Waals surface area contributed by atoms with Crippen molar-refractivity contribution in [2.45, 2.75) is 6.61 Å². The molecule has 1 heterocycles. The van der Waals surface area contributed by atoms with Crippen LogP contribution in [0.15, 0.2) is 53.3 Å². The molecular weight excluding hydrogens is 369 g/mol. The van der Waals surface area contributed by atoms with Crippen LogP contribution >= 0.6 is 0 Å². The summed E-state index contributed by atoms with van der Waals surface area (Å²) in [4.78, 5) is 27.2. The van der Waals surface area contributed by atoms with Crippen LogP contribution in [0.3, 0.4) is 0 Å². The van der Waals surface area contributed by atoms with Crippen LogP contribution in [0.25, 0.3) is 12.2 Å². The van der Waals surface area contributed by atoms with Gasteiger partial charge < -0.3 is 14.8 Å². The summed E-state index contributed by atoms with van der Waals surface area (Å²) in [5, 5.41) is 20.3. The molecule has 3 aromatic rings. The number of halogens is 1. The van der Waals surface area contributed by atoms with Gasteiger partial charge in [0, 0.05) is 11.1 Å². The van der Waals surface area contributed by atoms with E-state index >= 15 is 0 Å². The number of aromatic amines is 1. The van der Waals surface area contributed by atoms with E-state index in [1.165, 1.54) is 12.1 Å². The number of H-pyrrole nitrogens is 1. The second kappa shape index (κ2) is 8.12. The van der Waals surface area contributed by atoms with Crippen LogP contribution in [0.2, 0.25) is 0 Å². The molecule has 3 rings (SSSR count). The molecule has 0 saturated carbocycles. The molecule has 1 aromatic heterocycles. The molecule has 0 radical (unpaired) electrons. The van der Waals surface area contributed by atoms with Crippen molar-refractivity contribution < 1.29 is 19.2 Å². The smallest absolute Gasteiger partial charge is 0.395 e. The summed E-state index contributed by atoms with van der Waals surface area (Å²) >= 11 is 0. The average molecular weight is 383 g/mol. The number of ether oxygens (including phenoxy) is 1. The van der Waals surface area contributed by atoms with E-state index in [4.69, 9.17) is 4.74 Å². The molecule has 142 valence electrons. The number of hydrogen-bond donors (Lipinski definition) is 2. The summed E-state index contributed by atoms with van der Waals surface area (Å²) in [5.74, 6) is -0.969. The molecule has 2 N–H and O–H groups in total. The van der Waals surface area contributed by atoms with Gasteiger partial charge in [-0.05, 0) is 24.3 Å². The van der Waals surface area contributed by atoms with Gasteiger partial charge in [-0.25, -0.2) is 4.39 Å². The van der Waals surface area contributed by atoms with Gasteiger partial charge in [0.1, 0.15) is 24.0 Å². The van der Waals surface area contributed by atoms with Crippen LogP contribution in [0.1, 0.15) is 17.0 Å². The van der Waals surface area contributed by atoms with Crippen molar-refractivity contribution in [1.82, 2.24) is 9.97 Å². The Labute approximate surface area is 157 Å². The highest BCUT2D eigenvalue weighted by atomic mass is 19.1. The highest BCUT2D eigenvalue weighted by Gasteiger charge is 2.21. The number of nitro groups is 1. The van der Waals surface area contributed by atoms with Crippen molar-refractivity contribution in [2.24, 2.45) is 0 Å². The summed E-state index contributed by atoms with van der Waals surface area (Å²) < 4.78 is 19.4. The first kappa shape index (κ1) is 18.8. The van der Waals surface area contributed by atoms with Crippen LogP contribution in [0.5, 0.6) is 11.6 Å². The first-order valence-corrected chi connectivity index (χ1v) is 8.06. The minimum absolute atomic E-state index is 0.0188. The van der Waals surface area contributed by atoms with Gasteiger partial charge in [0.2, 0.25) is 0 Å². The first-order chi connectivity index (χ1) is 13.5. The van der Waals surface area contributed by atoms with Gasteiger partial charge in [-0.15, -0.1) is 0 Å². The second-order valence-electron chi connectivity index (χ2n) is 5.63. The maximum absolute atomic E-state index is 13.7. The lowest BCUT2D eigenvalue weighted by Crippen LogP contribution is -2.14. The molecule has 0 fully saturated rings. The SMILES string of the molecule is O=c1[nH]c(C=Cc2ccccc2OCc2ccccc2F)nc(O)c1[N+](=O)[O-]. The van der Waals surface area contributed by atoms with Gasteiger partial charge >= 0.3 is 11.2 Å². The van der Waals surface area contributed by atoms with Crippen LogP contribution in [-0.2, 0) is 6.61 Å². The summed E-state index contributed by atoms with van der Waals surface area (Å²) in [6.07, 6.45) is 2.90. The maximum Gasteiger partial charge on any atom is 0.395 e. The number of benzene rings is 2. The second-order valence-corrected chi connectivity index (χ2v) is 5.63. The minimum atomic E-state index is -1.07. The molecule has 8 nitrogen and oxygen atoms in total. The standard InChI is InChI=1S/C19H14FN3O5/c20-14-7-3-1-6-13(14)11-28-15-8-4-2-5-12(15)9-10-16-21-18(24)17(23(26)27)19(25)22-16/h1-10H,11H2,(H2,21,22,24,25). The van der Waals surface area contributed by atoms with Crippen LogP contribution < -0.4 is 10.3 Å². The van der Waals surface area contributed by atoms with E-state index in [0.717, 1.165) is 0 Å². The summed E-state index contributed by atoms with van der Waals surface area (Å²) in [6.45, 7) is 0.0188. The van der Waals surface area contributed by atoms with Crippen molar-refractivity contribution in [2.75, 3.05) is 0 Å². The van der Waals surface area contributed by atoms with E-state index in [-0.39, 0.29) is 18.2 Å². The van der Waals surface area contributed by atoms with Gasteiger partial charge in [-0.1, -0.05) is 36.4 Å². The third-order valence-electron chi connectivity index (χ3n) is 3.76. The van der Waals surface area contributed by atoms with Crippen molar-refractivity contribution in [3.63, 3.8) is 0 Å². The van der Waals surface area contributed by atoms with Gasteiger partial charge in [0.25, 0.3) is 5.88 Å². The molecule has 0 spiro atoms. The van der Waals surface area contributed by atoms with Gasteiger partial charge in [0.05, 0.1) is 4.92 Å². The largest absolute Gasteiger partial charge is 0.488 e. The van der Waals surface area contributed by atoms with Crippen LogP contribution in [-0.4, -0.2) is 20.0 Å². The lowest BCUT2D eigenvalue weighted by Gasteiger charge is -2.09. The number of para-hydroxylation sites is 1. The average Bonchev–Trinajstić information content (AvgIpc) is 2.65.